The number of benzene rings is 2. The summed E-state index contributed by atoms with van der Waals surface area (Å²) in [7, 11) is 0. The quantitative estimate of drug-likeness (QED) is 0.719. The van der Waals surface area contributed by atoms with Crippen molar-refractivity contribution in [1.82, 2.24) is 4.90 Å². The van der Waals surface area contributed by atoms with Gasteiger partial charge >= 0.3 is 6.09 Å². The van der Waals surface area contributed by atoms with E-state index in [9.17, 15) is 9.90 Å². The molecule has 0 aliphatic rings. The van der Waals surface area contributed by atoms with E-state index >= 15 is 0 Å². The molecule has 4 nitrogen and oxygen atoms in total. The number of hydrogen-bond acceptors (Lipinski definition) is 3. The van der Waals surface area contributed by atoms with Crippen molar-refractivity contribution in [3.8, 4) is 0 Å². The molecular formula is C21H26BrNO3. The second kappa shape index (κ2) is 9.19. The number of aliphatic hydroxyl groups is 1. The smallest absolute Gasteiger partial charge is 0.410 e. The first-order chi connectivity index (χ1) is 12.3. The molecule has 0 radical (unpaired) electrons. The van der Waals surface area contributed by atoms with Gasteiger partial charge in [0.15, 0.2) is 0 Å². The van der Waals surface area contributed by atoms with Crippen LogP contribution < -0.4 is 0 Å². The van der Waals surface area contributed by atoms with Gasteiger partial charge in [-0.15, -0.1) is 0 Å². The summed E-state index contributed by atoms with van der Waals surface area (Å²) in [5.74, 6) is 0. The lowest BCUT2D eigenvalue weighted by Gasteiger charge is -2.35. The molecule has 2 aromatic carbocycles. The summed E-state index contributed by atoms with van der Waals surface area (Å²) in [6.07, 6.45) is -0.501. The van der Waals surface area contributed by atoms with Crippen molar-refractivity contribution in [1.29, 1.82) is 0 Å². The molecule has 2 rings (SSSR count). The summed E-state index contributed by atoms with van der Waals surface area (Å²) in [5.41, 5.74) is 1.52. The van der Waals surface area contributed by atoms with E-state index in [1.54, 1.807) is 4.90 Å². The van der Waals surface area contributed by atoms with Gasteiger partial charge in [0.2, 0.25) is 0 Å². The van der Waals surface area contributed by atoms with Crippen molar-refractivity contribution in [2.75, 3.05) is 13.2 Å². The Morgan fingerprint density at radius 3 is 2.31 bits per heavy atom. The lowest BCUT2D eigenvalue weighted by atomic mass is 10.1. The average molecular weight is 420 g/mol. The number of halogens is 1. The highest BCUT2D eigenvalue weighted by Crippen LogP contribution is 2.19. The number of amides is 1. The number of aliphatic hydroxyl groups excluding tert-OH is 1. The third-order valence-corrected chi connectivity index (χ3v) is 4.65. The Labute approximate surface area is 163 Å². The van der Waals surface area contributed by atoms with Gasteiger partial charge in [-0.3, -0.25) is 0 Å². The van der Waals surface area contributed by atoms with Gasteiger partial charge in [0, 0.05) is 16.6 Å². The molecule has 140 valence electrons. The van der Waals surface area contributed by atoms with Gasteiger partial charge in [0.25, 0.3) is 0 Å². The SMILES string of the molecule is CC(C)(C)N(CCc1ccc(Br)cc1)C(=O)OC[C@H](O)c1ccccc1. The fraction of sp³-hybridized carbons (Fsp3) is 0.381. The zero-order chi connectivity index (χ0) is 19.2. The van der Waals surface area contributed by atoms with E-state index in [1.807, 2.05) is 75.4 Å². The van der Waals surface area contributed by atoms with Crippen molar-refractivity contribution in [3.63, 3.8) is 0 Å². The van der Waals surface area contributed by atoms with E-state index < -0.39 is 12.2 Å². The second-order valence-electron chi connectivity index (χ2n) is 7.20. The van der Waals surface area contributed by atoms with Crippen molar-refractivity contribution in [2.24, 2.45) is 0 Å². The molecule has 0 unspecified atom stereocenters. The maximum atomic E-state index is 12.6. The van der Waals surface area contributed by atoms with Gasteiger partial charge in [0.05, 0.1) is 0 Å². The van der Waals surface area contributed by atoms with Crippen LogP contribution in [0.5, 0.6) is 0 Å². The highest BCUT2D eigenvalue weighted by molar-refractivity contribution is 9.10. The molecule has 26 heavy (non-hydrogen) atoms. The summed E-state index contributed by atoms with van der Waals surface area (Å²) in [4.78, 5) is 14.3. The Bertz CT molecular complexity index is 695. The molecule has 5 heteroatoms. The molecule has 0 aromatic heterocycles. The van der Waals surface area contributed by atoms with E-state index in [0.717, 1.165) is 22.0 Å². The predicted octanol–water partition coefficient (Wildman–Crippen LogP) is 4.96. The van der Waals surface area contributed by atoms with Crippen LogP contribution in [0.15, 0.2) is 59.1 Å². The van der Waals surface area contributed by atoms with Crippen molar-refractivity contribution >= 4 is 22.0 Å². The van der Waals surface area contributed by atoms with Crippen LogP contribution >= 0.6 is 15.9 Å². The number of carbonyl (C=O) groups is 1. The van der Waals surface area contributed by atoms with Gasteiger partial charge in [-0.1, -0.05) is 58.4 Å². The molecule has 0 bridgehead atoms. The van der Waals surface area contributed by atoms with Crippen LogP contribution in [-0.4, -0.2) is 34.8 Å². The van der Waals surface area contributed by atoms with Gasteiger partial charge in [-0.25, -0.2) is 4.79 Å². The molecule has 2 aromatic rings. The molecule has 0 aliphatic heterocycles. The van der Waals surface area contributed by atoms with Gasteiger partial charge in [-0.05, 0) is 50.5 Å². The van der Waals surface area contributed by atoms with Crippen molar-refractivity contribution < 1.29 is 14.6 Å². The summed E-state index contributed by atoms with van der Waals surface area (Å²) < 4.78 is 6.41. The third-order valence-electron chi connectivity index (χ3n) is 4.12. The van der Waals surface area contributed by atoms with Crippen LogP contribution in [0, 0.1) is 0 Å². The molecule has 0 spiro atoms. The average Bonchev–Trinajstić information content (AvgIpc) is 2.61. The van der Waals surface area contributed by atoms with Crippen LogP contribution in [0.2, 0.25) is 0 Å². The largest absolute Gasteiger partial charge is 0.446 e. The number of ether oxygens (including phenoxy) is 1. The standard InChI is InChI=1S/C21H26BrNO3/c1-21(2,3)23(14-13-16-9-11-18(22)12-10-16)20(25)26-15-19(24)17-7-5-4-6-8-17/h4-12,19,24H,13-15H2,1-3H3/t19-/m0/s1. The number of nitrogens with zero attached hydrogens (tertiary/aromatic N) is 1. The highest BCUT2D eigenvalue weighted by atomic mass is 79.9. The van der Waals surface area contributed by atoms with E-state index in [4.69, 9.17) is 4.74 Å². The molecule has 1 atom stereocenters. The third kappa shape index (κ3) is 6.15. The first-order valence-electron chi connectivity index (χ1n) is 8.69. The predicted molar refractivity (Wildman–Crippen MR) is 107 cm³/mol. The molecule has 1 amide bonds. The van der Waals surface area contributed by atoms with Crippen LogP contribution in [0.25, 0.3) is 0 Å². The van der Waals surface area contributed by atoms with E-state index in [-0.39, 0.29) is 12.1 Å². The fourth-order valence-corrected chi connectivity index (χ4v) is 2.86. The minimum atomic E-state index is -0.826. The van der Waals surface area contributed by atoms with Crippen molar-refractivity contribution in [3.05, 3.63) is 70.2 Å². The van der Waals surface area contributed by atoms with E-state index in [0.29, 0.717) is 6.54 Å². The summed E-state index contributed by atoms with van der Waals surface area (Å²) in [5, 5.41) is 10.2. The Morgan fingerprint density at radius 2 is 1.73 bits per heavy atom. The number of hydrogen-bond donors (Lipinski definition) is 1. The van der Waals surface area contributed by atoms with Gasteiger partial charge < -0.3 is 14.7 Å². The lowest BCUT2D eigenvalue weighted by Crippen LogP contribution is -2.47. The Hall–Kier alpha value is -1.85. The molecule has 0 fully saturated rings. The highest BCUT2D eigenvalue weighted by Gasteiger charge is 2.28. The summed E-state index contributed by atoms with van der Waals surface area (Å²) >= 11 is 3.43. The molecule has 0 saturated heterocycles. The Morgan fingerprint density at radius 1 is 1.12 bits per heavy atom. The van der Waals surface area contributed by atoms with Crippen LogP contribution in [-0.2, 0) is 11.2 Å². The molecule has 0 saturated carbocycles. The normalized spacial score (nSPS) is 12.5. The first kappa shape index (κ1) is 20.5. The molecular weight excluding hydrogens is 394 g/mol. The van der Waals surface area contributed by atoms with Crippen LogP contribution in [0.4, 0.5) is 4.79 Å². The topological polar surface area (TPSA) is 49.8 Å². The maximum Gasteiger partial charge on any atom is 0.410 e. The van der Waals surface area contributed by atoms with E-state index in [2.05, 4.69) is 15.9 Å². The molecule has 0 aliphatic carbocycles. The monoisotopic (exact) mass is 419 g/mol. The fourth-order valence-electron chi connectivity index (χ4n) is 2.59. The maximum absolute atomic E-state index is 12.6. The lowest BCUT2D eigenvalue weighted by molar-refractivity contribution is 0.0298. The van der Waals surface area contributed by atoms with Crippen LogP contribution in [0.3, 0.4) is 0 Å². The Kier molecular flexibility index (Phi) is 7.23. The molecule has 0 heterocycles. The van der Waals surface area contributed by atoms with Gasteiger partial charge in [-0.2, -0.15) is 0 Å². The van der Waals surface area contributed by atoms with Crippen molar-refractivity contribution in [2.45, 2.75) is 38.8 Å². The van der Waals surface area contributed by atoms with E-state index in [1.165, 1.54) is 0 Å². The first-order valence-corrected chi connectivity index (χ1v) is 9.48. The second-order valence-corrected chi connectivity index (χ2v) is 8.12. The van der Waals surface area contributed by atoms with Crippen LogP contribution in [0.1, 0.15) is 38.0 Å². The molecule has 1 N–H and O–H groups in total. The zero-order valence-electron chi connectivity index (χ0n) is 15.5. The summed E-state index contributed by atoms with van der Waals surface area (Å²) in [6, 6.07) is 17.3. The summed E-state index contributed by atoms with van der Waals surface area (Å²) in [6.45, 7) is 6.41. The minimum absolute atomic E-state index is 0.0618. The number of rotatable bonds is 6. The Balaban J connectivity index is 1.95. The number of carbonyl (C=O) groups excluding carboxylic acids is 1. The zero-order valence-corrected chi connectivity index (χ0v) is 17.1. The van der Waals surface area contributed by atoms with Gasteiger partial charge in [0.1, 0.15) is 12.7 Å². The minimum Gasteiger partial charge on any atom is -0.446 e.